The number of hydrogen-bond acceptors (Lipinski definition) is 6. The molecule has 0 aliphatic heterocycles. The Morgan fingerprint density at radius 2 is 1.69 bits per heavy atom. The molecule has 8 heteroatoms. The van der Waals surface area contributed by atoms with Crippen molar-refractivity contribution in [2.45, 2.75) is 44.9 Å². The zero-order valence-corrected chi connectivity index (χ0v) is 15.4. The molecule has 0 saturated heterocycles. The molecular formula is C18H26N2O6. The standard InChI is InChI=1S/C18H26N2O6/c1-18(2,3)26-17(24)20-14(11-21)15(22)19-13(16(23)25-4)10-12-8-6-5-7-9-12/h5-9,13-14,21H,10-11H2,1-4H3,(H,19,22)(H,20,24)/t13-,14-/m0/s1. The van der Waals surface area contributed by atoms with E-state index in [-0.39, 0.29) is 6.42 Å². The Bertz CT molecular complexity index is 612. The maximum Gasteiger partial charge on any atom is 0.408 e. The van der Waals surface area contributed by atoms with Gasteiger partial charge in [-0.25, -0.2) is 9.59 Å². The number of benzene rings is 1. The molecule has 0 aliphatic carbocycles. The van der Waals surface area contributed by atoms with E-state index < -0.39 is 42.3 Å². The van der Waals surface area contributed by atoms with Crippen LogP contribution in [0.25, 0.3) is 0 Å². The van der Waals surface area contributed by atoms with Crippen LogP contribution in [-0.2, 0) is 25.5 Å². The van der Waals surface area contributed by atoms with Gasteiger partial charge in [-0.1, -0.05) is 30.3 Å². The number of esters is 1. The van der Waals surface area contributed by atoms with E-state index in [4.69, 9.17) is 9.47 Å². The number of aliphatic hydroxyl groups is 1. The number of alkyl carbamates (subject to hydrolysis) is 1. The SMILES string of the molecule is COC(=O)[C@H](Cc1ccccc1)NC(=O)[C@H](CO)NC(=O)OC(C)(C)C. The number of carbonyl (C=O) groups excluding carboxylic acids is 3. The minimum atomic E-state index is -1.26. The van der Waals surface area contributed by atoms with Gasteiger partial charge >= 0.3 is 12.1 Å². The molecule has 2 amide bonds. The second kappa shape index (κ2) is 9.76. The molecule has 144 valence electrons. The van der Waals surface area contributed by atoms with Gasteiger partial charge in [0.25, 0.3) is 0 Å². The fourth-order valence-corrected chi connectivity index (χ4v) is 2.10. The first-order valence-electron chi connectivity index (χ1n) is 8.18. The normalized spacial score (nSPS) is 13.3. The Labute approximate surface area is 152 Å². The average Bonchev–Trinajstić information content (AvgIpc) is 2.57. The first-order chi connectivity index (χ1) is 12.2. The zero-order valence-electron chi connectivity index (χ0n) is 15.4. The summed E-state index contributed by atoms with van der Waals surface area (Å²) >= 11 is 0. The van der Waals surface area contributed by atoms with Gasteiger partial charge in [0.1, 0.15) is 17.7 Å². The number of methoxy groups -OCH3 is 1. The summed E-state index contributed by atoms with van der Waals surface area (Å²) in [6.45, 7) is 4.37. The van der Waals surface area contributed by atoms with Crippen LogP contribution in [0.5, 0.6) is 0 Å². The Balaban J connectivity index is 2.76. The highest BCUT2D eigenvalue weighted by atomic mass is 16.6. The van der Waals surface area contributed by atoms with Crippen molar-refractivity contribution in [1.29, 1.82) is 0 Å². The van der Waals surface area contributed by atoms with Crippen LogP contribution in [0.4, 0.5) is 4.79 Å². The van der Waals surface area contributed by atoms with Gasteiger partial charge in [0.2, 0.25) is 5.91 Å². The van der Waals surface area contributed by atoms with E-state index in [1.54, 1.807) is 20.8 Å². The Kier molecular flexibility index (Phi) is 8.05. The number of rotatable bonds is 7. The van der Waals surface area contributed by atoms with Crippen LogP contribution in [0.2, 0.25) is 0 Å². The third-order valence-corrected chi connectivity index (χ3v) is 3.27. The fourth-order valence-electron chi connectivity index (χ4n) is 2.10. The molecule has 0 saturated carbocycles. The number of aliphatic hydroxyl groups excluding tert-OH is 1. The lowest BCUT2D eigenvalue weighted by Crippen LogP contribution is -2.54. The monoisotopic (exact) mass is 366 g/mol. The van der Waals surface area contributed by atoms with Gasteiger partial charge in [-0.3, -0.25) is 4.79 Å². The van der Waals surface area contributed by atoms with E-state index in [0.29, 0.717) is 0 Å². The van der Waals surface area contributed by atoms with Crippen LogP contribution in [0.1, 0.15) is 26.3 Å². The molecule has 1 aromatic rings. The van der Waals surface area contributed by atoms with Crippen molar-refractivity contribution in [3.8, 4) is 0 Å². The van der Waals surface area contributed by atoms with Crippen LogP contribution in [-0.4, -0.2) is 54.5 Å². The molecule has 3 N–H and O–H groups in total. The molecule has 1 rings (SSSR count). The van der Waals surface area contributed by atoms with Gasteiger partial charge in [-0.15, -0.1) is 0 Å². The summed E-state index contributed by atoms with van der Waals surface area (Å²) < 4.78 is 9.77. The van der Waals surface area contributed by atoms with Crippen molar-refractivity contribution in [2.75, 3.05) is 13.7 Å². The molecule has 0 bridgehead atoms. The lowest BCUT2D eigenvalue weighted by atomic mass is 10.1. The summed E-state index contributed by atoms with van der Waals surface area (Å²) in [5.41, 5.74) is 0.0754. The van der Waals surface area contributed by atoms with E-state index in [1.807, 2.05) is 30.3 Å². The molecule has 0 heterocycles. The van der Waals surface area contributed by atoms with Crippen LogP contribution < -0.4 is 10.6 Å². The smallest absolute Gasteiger partial charge is 0.408 e. The molecule has 0 unspecified atom stereocenters. The molecular weight excluding hydrogens is 340 g/mol. The molecule has 0 aliphatic rings. The maximum atomic E-state index is 12.3. The van der Waals surface area contributed by atoms with Gasteiger partial charge in [0.15, 0.2) is 0 Å². The van der Waals surface area contributed by atoms with Gasteiger partial charge < -0.3 is 25.2 Å². The first kappa shape index (κ1) is 21.4. The molecule has 26 heavy (non-hydrogen) atoms. The summed E-state index contributed by atoms with van der Waals surface area (Å²) in [6, 6.07) is 6.87. The average molecular weight is 366 g/mol. The summed E-state index contributed by atoms with van der Waals surface area (Å²) in [6.07, 6.45) is -0.631. The van der Waals surface area contributed by atoms with Gasteiger partial charge in [0.05, 0.1) is 13.7 Å². The molecule has 0 fully saturated rings. The molecule has 0 aromatic heterocycles. The number of nitrogens with one attached hydrogen (secondary N) is 2. The largest absolute Gasteiger partial charge is 0.467 e. The van der Waals surface area contributed by atoms with Gasteiger partial charge in [0, 0.05) is 6.42 Å². The van der Waals surface area contributed by atoms with Gasteiger partial charge in [-0.05, 0) is 26.3 Å². The van der Waals surface area contributed by atoms with Crippen LogP contribution in [0, 0.1) is 0 Å². The predicted molar refractivity (Wildman–Crippen MR) is 94.3 cm³/mol. The lowest BCUT2D eigenvalue weighted by Gasteiger charge is -2.24. The van der Waals surface area contributed by atoms with E-state index in [9.17, 15) is 19.5 Å². The highest BCUT2D eigenvalue weighted by molar-refractivity contribution is 5.89. The number of hydrogen-bond donors (Lipinski definition) is 3. The first-order valence-corrected chi connectivity index (χ1v) is 8.18. The number of carbonyl (C=O) groups is 3. The van der Waals surface area contributed by atoms with Crippen molar-refractivity contribution in [3.63, 3.8) is 0 Å². The maximum absolute atomic E-state index is 12.3. The fraction of sp³-hybridized carbons (Fsp3) is 0.500. The quantitative estimate of drug-likeness (QED) is 0.614. The van der Waals surface area contributed by atoms with E-state index in [0.717, 1.165) is 5.56 Å². The van der Waals surface area contributed by atoms with Crippen LogP contribution in [0.3, 0.4) is 0 Å². The van der Waals surface area contributed by atoms with Crippen molar-refractivity contribution in [3.05, 3.63) is 35.9 Å². The van der Waals surface area contributed by atoms with E-state index >= 15 is 0 Å². The van der Waals surface area contributed by atoms with Crippen molar-refractivity contribution >= 4 is 18.0 Å². The van der Waals surface area contributed by atoms with E-state index in [1.165, 1.54) is 7.11 Å². The number of ether oxygens (including phenoxy) is 2. The molecule has 0 radical (unpaired) electrons. The second-order valence-corrected chi connectivity index (χ2v) is 6.66. The molecule has 8 nitrogen and oxygen atoms in total. The van der Waals surface area contributed by atoms with Crippen LogP contribution >= 0.6 is 0 Å². The number of amides is 2. The minimum absolute atomic E-state index is 0.212. The molecule has 1 aromatic carbocycles. The highest BCUT2D eigenvalue weighted by Gasteiger charge is 2.28. The molecule has 2 atom stereocenters. The zero-order chi connectivity index (χ0) is 19.7. The summed E-state index contributed by atoms with van der Waals surface area (Å²) in [5, 5.41) is 14.2. The molecule has 0 spiro atoms. The summed E-state index contributed by atoms with van der Waals surface area (Å²) in [5.74, 6) is -1.35. The highest BCUT2D eigenvalue weighted by Crippen LogP contribution is 2.07. The van der Waals surface area contributed by atoms with Crippen LogP contribution in [0.15, 0.2) is 30.3 Å². The van der Waals surface area contributed by atoms with Crippen molar-refractivity contribution in [1.82, 2.24) is 10.6 Å². The van der Waals surface area contributed by atoms with E-state index in [2.05, 4.69) is 10.6 Å². The lowest BCUT2D eigenvalue weighted by molar-refractivity contribution is -0.145. The predicted octanol–water partition coefficient (Wildman–Crippen LogP) is 0.772. The van der Waals surface area contributed by atoms with Crippen molar-refractivity contribution in [2.24, 2.45) is 0 Å². The summed E-state index contributed by atoms with van der Waals surface area (Å²) in [4.78, 5) is 36.1. The summed E-state index contributed by atoms with van der Waals surface area (Å²) in [7, 11) is 1.22. The third kappa shape index (κ3) is 7.52. The topological polar surface area (TPSA) is 114 Å². The van der Waals surface area contributed by atoms with Gasteiger partial charge in [-0.2, -0.15) is 0 Å². The Morgan fingerprint density at radius 3 is 2.19 bits per heavy atom. The third-order valence-electron chi connectivity index (χ3n) is 3.27. The Morgan fingerprint density at radius 1 is 1.08 bits per heavy atom. The second-order valence-electron chi connectivity index (χ2n) is 6.66. The minimum Gasteiger partial charge on any atom is -0.467 e. The Hall–Kier alpha value is -2.61. The van der Waals surface area contributed by atoms with Crippen molar-refractivity contribution < 1.29 is 29.0 Å².